The van der Waals surface area contributed by atoms with Crippen molar-refractivity contribution in [2.24, 2.45) is 5.41 Å². The highest BCUT2D eigenvalue weighted by Crippen LogP contribution is 2.80. The largest absolute Gasteiger partial charge is 0.523 e. The Morgan fingerprint density at radius 1 is 1.05 bits per heavy atom. The highest BCUT2D eigenvalue weighted by atomic mass is 32.2. The summed E-state index contributed by atoms with van der Waals surface area (Å²) in [6.07, 6.45) is 0. The van der Waals surface area contributed by atoms with Crippen LogP contribution in [0.1, 0.15) is 26.3 Å². The second-order valence-electron chi connectivity index (χ2n) is 5.58. The van der Waals surface area contributed by atoms with E-state index in [9.17, 15) is 21.6 Å². The molecule has 0 N–H and O–H groups in total. The van der Waals surface area contributed by atoms with Crippen LogP contribution in [0.15, 0.2) is 35.6 Å². The van der Waals surface area contributed by atoms with Crippen molar-refractivity contribution in [3.05, 3.63) is 41.2 Å². The summed E-state index contributed by atoms with van der Waals surface area (Å²) < 4.78 is 64.2. The third kappa shape index (κ3) is 3.30. The van der Waals surface area contributed by atoms with E-state index in [4.69, 9.17) is 0 Å². The first-order valence-corrected chi connectivity index (χ1v) is 8.73. The summed E-state index contributed by atoms with van der Waals surface area (Å²) in [5.74, 6) is 0. The molecular formula is C13H14F3O3PS. The molecule has 0 saturated heterocycles. The first-order chi connectivity index (χ1) is 9.45. The fourth-order valence-corrected chi connectivity index (χ4v) is 5.47. The van der Waals surface area contributed by atoms with E-state index in [0.29, 0.717) is 16.2 Å². The second kappa shape index (κ2) is 5.07. The first-order valence-electron chi connectivity index (χ1n) is 6.06. The lowest BCUT2D eigenvalue weighted by atomic mass is 9.95. The van der Waals surface area contributed by atoms with Gasteiger partial charge in [0, 0.05) is 10.6 Å². The minimum Gasteiger partial charge on any atom is -0.231 e. The van der Waals surface area contributed by atoms with E-state index in [0.717, 1.165) is 0 Å². The minimum absolute atomic E-state index is 0.446. The van der Waals surface area contributed by atoms with Crippen LogP contribution in [0.3, 0.4) is 0 Å². The van der Waals surface area contributed by atoms with E-state index in [2.05, 4.69) is 3.97 Å². The molecule has 116 valence electrons. The van der Waals surface area contributed by atoms with Gasteiger partial charge in [0.2, 0.25) is 0 Å². The Kier molecular flexibility index (Phi) is 3.98. The zero-order valence-corrected chi connectivity index (χ0v) is 13.3. The molecule has 0 bridgehead atoms. The van der Waals surface area contributed by atoms with Gasteiger partial charge < -0.3 is 0 Å². The smallest absolute Gasteiger partial charge is 0.231 e. The Balaban J connectivity index is 2.33. The van der Waals surface area contributed by atoms with Gasteiger partial charge in [-0.25, -0.2) is 3.97 Å². The molecular weight excluding hydrogens is 324 g/mol. The van der Waals surface area contributed by atoms with Gasteiger partial charge in [-0.1, -0.05) is 51.1 Å². The van der Waals surface area contributed by atoms with Crippen LogP contribution < -0.4 is 0 Å². The van der Waals surface area contributed by atoms with Crippen molar-refractivity contribution >= 4 is 23.6 Å². The van der Waals surface area contributed by atoms with Gasteiger partial charge in [0.15, 0.2) is 0 Å². The van der Waals surface area contributed by atoms with Crippen LogP contribution in [0, 0.1) is 5.41 Å². The third-order valence-electron chi connectivity index (χ3n) is 2.79. The van der Waals surface area contributed by atoms with Crippen molar-refractivity contribution in [2.75, 3.05) is 0 Å². The normalized spacial score (nSPS) is 19.8. The highest BCUT2D eigenvalue weighted by Gasteiger charge is 2.55. The topological polar surface area (TPSA) is 43.4 Å². The number of alkyl halides is 3. The zero-order valence-electron chi connectivity index (χ0n) is 11.6. The molecule has 2 rings (SSSR count). The van der Waals surface area contributed by atoms with Crippen LogP contribution in [0.4, 0.5) is 13.2 Å². The van der Waals surface area contributed by atoms with Crippen LogP contribution >= 0.6 is 8.15 Å². The lowest BCUT2D eigenvalue weighted by Gasteiger charge is -2.15. The molecule has 1 unspecified atom stereocenters. The Bertz CT molecular complexity index is 673. The van der Waals surface area contributed by atoms with Crippen LogP contribution in [-0.4, -0.2) is 13.9 Å². The molecule has 1 aromatic carbocycles. The first kappa shape index (κ1) is 16.5. The van der Waals surface area contributed by atoms with Crippen molar-refractivity contribution in [3.8, 4) is 0 Å². The summed E-state index contributed by atoms with van der Waals surface area (Å²) in [5, 5.41) is 1.21. The maximum Gasteiger partial charge on any atom is 0.523 e. The highest BCUT2D eigenvalue weighted by molar-refractivity contribution is 7.95. The van der Waals surface area contributed by atoms with Gasteiger partial charge in [-0.15, -0.1) is 0 Å². The van der Waals surface area contributed by atoms with Gasteiger partial charge in [-0.2, -0.15) is 21.6 Å². The third-order valence-corrected chi connectivity index (χ3v) is 6.71. The van der Waals surface area contributed by atoms with Gasteiger partial charge in [-0.3, -0.25) is 0 Å². The van der Waals surface area contributed by atoms with Crippen molar-refractivity contribution in [1.82, 2.24) is 0 Å². The molecule has 0 saturated carbocycles. The summed E-state index contributed by atoms with van der Waals surface area (Å²) in [6, 6.07) is 8.72. The molecule has 0 amide bonds. The van der Waals surface area contributed by atoms with Gasteiger partial charge in [-0.05, 0) is 11.0 Å². The van der Waals surface area contributed by atoms with Gasteiger partial charge >= 0.3 is 15.6 Å². The van der Waals surface area contributed by atoms with E-state index in [-0.39, 0.29) is 0 Å². The monoisotopic (exact) mass is 338 g/mol. The Morgan fingerprint density at radius 2 is 1.57 bits per heavy atom. The van der Waals surface area contributed by atoms with Crippen molar-refractivity contribution in [3.63, 3.8) is 0 Å². The molecule has 0 aliphatic carbocycles. The Hall–Kier alpha value is -0.910. The molecule has 0 radical (unpaired) electrons. The maximum atomic E-state index is 12.5. The molecule has 21 heavy (non-hydrogen) atoms. The molecule has 0 aromatic heterocycles. The zero-order chi connectivity index (χ0) is 16.1. The van der Waals surface area contributed by atoms with E-state index < -0.39 is 29.2 Å². The number of benzene rings is 1. The van der Waals surface area contributed by atoms with E-state index in [1.807, 2.05) is 20.8 Å². The van der Waals surface area contributed by atoms with Gasteiger partial charge in [0.1, 0.15) is 8.15 Å². The van der Waals surface area contributed by atoms with Crippen molar-refractivity contribution in [2.45, 2.75) is 26.3 Å². The summed E-state index contributed by atoms with van der Waals surface area (Å²) >= 11 is 0. The number of rotatable bonds is 3. The van der Waals surface area contributed by atoms with Gasteiger partial charge in [0.05, 0.1) is 0 Å². The van der Waals surface area contributed by atoms with E-state index in [1.54, 1.807) is 30.3 Å². The second-order valence-corrected chi connectivity index (χ2v) is 9.03. The molecule has 1 aliphatic heterocycles. The van der Waals surface area contributed by atoms with Crippen LogP contribution in [-0.2, 0) is 14.1 Å². The average molecular weight is 338 g/mol. The fraction of sp³-hybridized carbons (Fsp3) is 0.385. The summed E-state index contributed by atoms with van der Waals surface area (Å²) in [5.41, 5.74) is -5.15. The molecule has 1 aromatic rings. The molecule has 1 atom stereocenters. The van der Waals surface area contributed by atoms with Crippen molar-refractivity contribution < 1.29 is 25.6 Å². The lowest BCUT2D eigenvalue weighted by Crippen LogP contribution is -2.23. The van der Waals surface area contributed by atoms with E-state index >= 15 is 0 Å². The minimum atomic E-state index is -5.58. The average Bonchev–Trinajstić information content (AvgIpc) is 3.02. The molecule has 0 spiro atoms. The van der Waals surface area contributed by atoms with E-state index in [1.165, 1.54) is 0 Å². The quantitative estimate of drug-likeness (QED) is 0.594. The SMILES string of the molecule is CC(C)(C)C1=C(c2ccccc2)P1OS(=O)(=O)C(F)(F)F. The van der Waals surface area contributed by atoms with Crippen LogP contribution in [0.5, 0.6) is 0 Å². The summed E-state index contributed by atoms with van der Waals surface area (Å²) in [7, 11) is -7.45. The number of halogens is 3. The number of hydrogen-bond donors (Lipinski definition) is 0. The summed E-state index contributed by atoms with van der Waals surface area (Å²) in [4.78, 5) is 0. The molecule has 8 heteroatoms. The Morgan fingerprint density at radius 3 is 2.00 bits per heavy atom. The standard InChI is InChI=1S/C13H14F3O3PS/c1-12(2,3)11-10(9-7-5-4-6-8-9)20(11)19-21(17,18)13(14,15)16/h4-8H,1-3H3. The Labute approximate surface area is 122 Å². The summed E-state index contributed by atoms with van der Waals surface area (Å²) in [6.45, 7) is 5.45. The number of hydrogen-bond acceptors (Lipinski definition) is 3. The van der Waals surface area contributed by atoms with Crippen LogP contribution in [0.25, 0.3) is 5.31 Å². The lowest BCUT2D eigenvalue weighted by molar-refractivity contribution is -0.0495. The fourth-order valence-electron chi connectivity index (χ4n) is 1.87. The van der Waals surface area contributed by atoms with Crippen molar-refractivity contribution in [1.29, 1.82) is 0 Å². The number of allylic oxidation sites excluding steroid dienone is 1. The predicted octanol–water partition coefficient (Wildman–Crippen LogP) is 4.68. The molecule has 0 fully saturated rings. The molecule has 1 aliphatic rings. The van der Waals surface area contributed by atoms with Crippen LogP contribution in [0.2, 0.25) is 0 Å². The predicted molar refractivity (Wildman–Crippen MR) is 75.8 cm³/mol. The molecule has 3 nitrogen and oxygen atoms in total. The maximum absolute atomic E-state index is 12.5. The van der Waals surface area contributed by atoms with Gasteiger partial charge in [0.25, 0.3) is 0 Å². The molecule has 1 heterocycles.